The fourth-order valence-corrected chi connectivity index (χ4v) is 3.92. The minimum atomic E-state index is -0.00394. The molecule has 0 aromatic carbocycles. The van der Waals surface area contributed by atoms with Gasteiger partial charge >= 0.3 is 0 Å². The van der Waals surface area contributed by atoms with Crippen molar-refractivity contribution in [3.63, 3.8) is 0 Å². The van der Waals surface area contributed by atoms with E-state index in [2.05, 4.69) is 41.3 Å². The number of hydrogen-bond acceptors (Lipinski definition) is 7. The average molecular weight is 448 g/mol. The monoisotopic (exact) mass is 447 g/mol. The first-order chi connectivity index (χ1) is 13.2. The Kier molecular flexibility index (Phi) is 5.61. The Bertz CT molecular complexity index is 889. The Hall–Kier alpha value is -2.10. The van der Waals surface area contributed by atoms with Gasteiger partial charge in [-0.1, -0.05) is 5.16 Å². The van der Waals surface area contributed by atoms with E-state index in [1.807, 2.05) is 22.9 Å². The summed E-state index contributed by atoms with van der Waals surface area (Å²) in [6, 6.07) is 5.63. The second-order valence-corrected chi connectivity index (χ2v) is 8.12. The lowest BCUT2D eigenvalue weighted by molar-refractivity contribution is -0.121. The van der Waals surface area contributed by atoms with E-state index in [1.165, 1.54) is 0 Å². The normalized spacial score (nSPS) is 15.7. The number of amides is 1. The van der Waals surface area contributed by atoms with Crippen LogP contribution in [0.5, 0.6) is 0 Å². The molecular formula is C18H18BrN5O2S. The van der Waals surface area contributed by atoms with E-state index in [4.69, 9.17) is 4.52 Å². The van der Waals surface area contributed by atoms with Gasteiger partial charge in [0.15, 0.2) is 0 Å². The lowest BCUT2D eigenvalue weighted by Crippen LogP contribution is -2.37. The molecule has 1 aliphatic rings. The Morgan fingerprint density at radius 3 is 2.89 bits per heavy atom. The van der Waals surface area contributed by atoms with Gasteiger partial charge in [-0.15, -0.1) is 0 Å². The fraction of sp³-hybridized carbons (Fsp3) is 0.333. The number of anilines is 1. The van der Waals surface area contributed by atoms with Crippen molar-refractivity contribution in [2.24, 2.45) is 5.92 Å². The van der Waals surface area contributed by atoms with Gasteiger partial charge in [0.05, 0.1) is 6.54 Å². The van der Waals surface area contributed by atoms with E-state index in [1.54, 1.807) is 23.6 Å². The number of pyridine rings is 1. The highest BCUT2D eigenvalue weighted by molar-refractivity contribution is 9.10. The number of rotatable bonds is 5. The first-order valence-corrected chi connectivity index (χ1v) is 10.4. The van der Waals surface area contributed by atoms with Crippen LogP contribution in [-0.2, 0) is 11.3 Å². The Morgan fingerprint density at radius 1 is 1.33 bits per heavy atom. The van der Waals surface area contributed by atoms with Gasteiger partial charge < -0.3 is 9.84 Å². The molecule has 27 heavy (non-hydrogen) atoms. The van der Waals surface area contributed by atoms with Crippen molar-refractivity contribution >= 4 is 39.0 Å². The summed E-state index contributed by atoms with van der Waals surface area (Å²) in [5.41, 5.74) is 0.979. The summed E-state index contributed by atoms with van der Waals surface area (Å²) in [5.74, 6) is 1.84. The second kappa shape index (κ2) is 8.28. The lowest BCUT2D eigenvalue weighted by Gasteiger charge is -2.30. The summed E-state index contributed by atoms with van der Waals surface area (Å²) in [6.45, 7) is 2.25. The van der Waals surface area contributed by atoms with Crippen LogP contribution in [0.15, 0.2) is 44.2 Å². The highest BCUT2D eigenvalue weighted by Gasteiger charge is 2.26. The predicted molar refractivity (Wildman–Crippen MR) is 106 cm³/mol. The number of likely N-dealkylation sites (tertiary alicyclic amines) is 1. The van der Waals surface area contributed by atoms with Crippen molar-refractivity contribution in [1.29, 1.82) is 0 Å². The summed E-state index contributed by atoms with van der Waals surface area (Å²) >= 11 is 4.94. The Balaban J connectivity index is 1.27. The number of hydrogen-bond donors (Lipinski definition) is 1. The van der Waals surface area contributed by atoms with Crippen LogP contribution in [0.25, 0.3) is 11.4 Å². The third-order valence-electron chi connectivity index (χ3n) is 4.54. The molecule has 4 heterocycles. The zero-order valence-electron chi connectivity index (χ0n) is 14.5. The van der Waals surface area contributed by atoms with Crippen LogP contribution >= 0.6 is 27.3 Å². The number of nitrogens with one attached hydrogen (secondary N) is 1. The topological polar surface area (TPSA) is 84.2 Å². The number of carbonyl (C=O) groups is 1. The van der Waals surface area contributed by atoms with Crippen molar-refractivity contribution in [2.45, 2.75) is 19.4 Å². The summed E-state index contributed by atoms with van der Waals surface area (Å²) in [7, 11) is 0. The van der Waals surface area contributed by atoms with Gasteiger partial charge in [-0.05, 0) is 65.4 Å². The van der Waals surface area contributed by atoms with Gasteiger partial charge in [0.25, 0.3) is 0 Å². The van der Waals surface area contributed by atoms with E-state index in [0.717, 1.165) is 36.0 Å². The van der Waals surface area contributed by atoms with Gasteiger partial charge in [0.2, 0.25) is 17.6 Å². The molecule has 1 N–H and O–H groups in total. The standard InChI is InChI=1S/C18H18BrN5O2S/c19-14-1-2-15(20-9-14)21-18(25)12-3-6-24(7-4-12)10-16-22-17(23-26-16)13-5-8-27-11-13/h1-2,5,8-9,11-12H,3-4,6-7,10H2,(H,20,21,25). The maximum absolute atomic E-state index is 12.4. The minimum Gasteiger partial charge on any atom is -0.338 e. The lowest BCUT2D eigenvalue weighted by atomic mass is 9.96. The zero-order valence-corrected chi connectivity index (χ0v) is 16.9. The van der Waals surface area contributed by atoms with Gasteiger partial charge in [-0.2, -0.15) is 16.3 Å². The molecule has 0 aliphatic carbocycles. The van der Waals surface area contributed by atoms with Crippen LogP contribution in [-0.4, -0.2) is 39.0 Å². The quantitative estimate of drug-likeness (QED) is 0.639. The van der Waals surface area contributed by atoms with Gasteiger partial charge in [-0.25, -0.2) is 4.98 Å². The van der Waals surface area contributed by atoms with E-state index in [0.29, 0.717) is 24.1 Å². The average Bonchev–Trinajstić information content (AvgIpc) is 3.36. The molecule has 140 valence electrons. The van der Waals surface area contributed by atoms with Crippen molar-refractivity contribution < 1.29 is 9.32 Å². The minimum absolute atomic E-state index is 0.00394. The van der Waals surface area contributed by atoms with Gasteiger partial charge in [-0.3, -0.25) is 9.69 Å². The van der Waals surface area contributed by atoms with Crippen molar-refractivity contribution in [3.05, 3.63) is 45.5 Å². The predicted octanol–water partition coefficient (Wildman–Crippen LogP) is 3.81. The molecule has 0 saturated carbocycles. The number of carbonyl (C=O) groups excluding carboxylic acids is 1. The van der Waals surface area contributed by atoms with Gasteiger partial charge in [0, 0.05) is 27.5 Å². The largest absolute Gasteiger partial charge is 0.338 e. The molecule has 7 nitrogen and oxygen atoms in total. The van der Waals surface area contributed by atoms with Crippen molar-refractivity contribution in [1.82, 2.24) is 20.0 Å². The summed E-state index contributed by atoms with van der Waals surface area (Å²) < 4.78 is 6.25. The molecule has 1 saturated heterocycles. The molecule has 9 heteroatoms. The molecule has 3 aromatic heterocycles. The maximum atomic E-state index is 12.4. The summed E-state index contributed by atoms with van der Waals surface area (Å²) in [6.07, 6.45) is 3.27. The van der Waals surface area contributed by atoms with Crippen LogP contribution < -0.4 is 5.32 Å². The van der Waals surface area contributed by atoms with Crippen LogP contribution in [0.1, 0.15) is 18.7 Å². The SMILES string of the molecule is O=C(Nc1ccc(Br)cn1)C1CCN(Cc2nc(-c3ccsc3)no2)CC1. The van der Waals surface area contributed by atoms with Crippen LogP contribution in [0.4, 0.5) is 5.82 Å². The first kappa shape index (κ1) is 18.3. The number of aromatic nitrogens is 3. The van der Waals surface area contributed by atoms with Gasteiger partial charge in [0.1, 0.15) is 5.82 Å². The Labute approximate surface area is 168 Å². The first-order valence-electron chi connectivity index (χ1n) is 8.67. The zero-order chi connectivity index (χ0) is 18.6. The highest BCUT2D eigenvalue weighted by Crippen LogP contribution is 2.22. The second-order valence-electron chi connectivity index (χ2n) is 6.43. The molecular weight excluding hydrogens is 430 g/mol. The van der Waals surface area contributed by atoms with E-state index in [-0.39, 0.29) is 11.8 Å². The molecule has 0 unspecified atom stereocenters. The van der Waals surface area contributed by atoms with Crippen molar-refractivity contribution in [2.75, 3.05) is 18.4 Å². The fourth-order valence-electron chi connectivity index (χ4n) is 3.05. The van der Waals surface area contributed by atoms with Crippen LogP contribution in [0, 0.1) is 5.92 Å². The summed E-state index contributed by atoms with van der Waals surface area (Å²) in [4.78, 5) is 23.3. The van der Waals surface area contributed by atoms with E-state index in [9.17, 15) is 4.79 Å². The third kappa shape index (κ3) is 4.60. The highest BCUT2D eigenvalue weighted by atomic mass is 79.9. The summed E-state index contributed by atoms with van der Waals surface area (Å²) in [5, 5.41) is 10.9. The smallest absolute Gasteiger partial charge is 0.241 e. The molecule has 1 fully saturated rings. The number of piperidine rings is 1. The molecule has 0 radical (unpaired) electrons. The molecule has 0 spiro atoms. The van der Waals surface area contributed by atoms with Crippen LogP contribution in [0.2, 0.25) is 0 Å². The molecule has 1 aliphatic heterocycles. The number of thiophene rings is 1. The molecule has 0 atom stereocenters. The number of halogens is 1. The third-order valence-corrected chi connectivity index (χ3v) is 5.70. The molecule has 3 aromatic rings. The molecule has 1 amide bonds. The van der Waals surface area contributed by atoms with E-state index >= 15 is 0 Å². The van der Waals surface area contributed by atoms with Crippen molar-refractivity contribution in [3.8, 4) is 11.4 Å². The van der Waals surface area contributed by atoms with E-state index < -0.39 is 0 Å². The Morgan fingerprint density at radius 2 is 2.19 bits per heavy atom. The maximum Gasteiger partial charge on any atom is 0.241 e. The molecule has 4 rings (SSSR count). The number of nitrogens with zero attached hydrogens (tertiary/aromatic N) is 4. The molecule has 0 bridgehead atoms. The van der Waals surface area contributed by atoms with Crippen LogP contribution in [0.3, 0.4) is 0 Å².